The van der Waals surface area contributed by atoms with Crippen molar-refractivity contribution in [2.45, 2.75) is 19.9 Å². The maximum Gasteiger partial charge on any atom is 0.268 e. The van der Waals surface area contributed by atoms with Gasteiger partial charge in [0.25, 0.3) is 11.5 Å². The number of pyridine rings is 1. The van der Waals surface area contributed by atoms with Crippen LogP contribution in [0.1, 0.15) is 36.1 Å². The predicted molar refractivity (Wildman–Crippen MR) is 111 cm³/mol. The predicted octanol–water partition coefficient (Wildman–Crippen LogP) is 3.58. The van der Waals surface area contributed by atoms with Crippen LogP contribution in [0.4, 0.5) is 4.39 Å². The van der Waals surface area contributed by atoms with Gasteiger partial charge in [0.05, 0.1) is 11.7 Å². The second-order valence-corrected chi connectivity index (χ2v) is 7.34. The molecular weight excluding hydrogens is 385 g/mol. The Balaban J connectivity index is 1.66. The highest BCUT2D eigenvalue weighted by atomic mass is 19.1. The van der Waals surface area contributed by atoms with Gasteiger partial charge < -0.3 is 15.3 Å². The minimum absolute atomic E-state index is 0.0401. The van der Waals surface area contributed by atoms with Crippen LogP contribution in [-0.4, -0.2) is 25.8 Å². The SMILES string of the molecule is CC(C)C(NC(=O)c1cc2cc(F)ccc2[nH]1)c1cc(=O)[nH]c(-c2ccccn2)n1. The van der Waals surface area contributed by atoms with Crippen molar-refractivity contribution in [1.29, 1.82) is 0 Å². The number of fused-ring (bicyclic) bond motifs is 1. The van der Waals surface area contributed by atoms with Crippen LogP contribution in [0, 0.1) is 11.7 Å². The molecule has 0 bridgehead atoms. The number of nitrogens with one attached hydrogen (secondary N) is 3. The zero-order chi connectivity index (χ0) is 21.3. The van der Waals surface area contributed by atoms with Crippen molar-refractivity contribution in [1.82, 2.24) is 25.3 Å². The first kappa shape index (κ1) is 19.5. The number of carbonyl (C=O) groups is 1. The fraction of sp³-hybridized carbons (Fsp3) is 0.182. The van der Waals surface area contributed by atoms with E-state index in [0.717, 1.165) is 0 Å². The maximum absolute atomic E-state index is 13.4. The Morgan fingerprint density at radius 2 is 1.93 bits per heavy atom. The number of aromatic amines is 2. The van der Waals surface area contributed by atoms with Gasteiger partial charge in [0.1, 0.15) is 17.2 Å². The molecule has 0 radical (unpaired) electrons. The van der Waals surface area contributed by atoms with E-state index in [4.69, 9.17) is 0 Å². The summed E-state index contributed by atoms with van der Waals surface area (Å²) in [4.78, 5) is 39.5. The fourth-order valence-corrected chi connectivity index (χ4v) is 3.29. The van der Waals surface area contributed by atoms with E-state index >= 15 is 0 Å². The van der Waals surface area contributed by atoms with E-state index in [2.05, 4.69) is 25.3 Å². The Morgan fingerprint density at radius 1 is 1.10 bits per heavy atom. The summed E-state index contributed by atoms with van der Waals surface area (Å²) in [5.41, 5.74) is 1.60. The Bertz CT molecular complexity index is 1260. The maximum atomic E-state index is 13.4. The molecule has 4 aromatic rings. The average molecular weight is 405 g/mol. The topological polar surface area (TPSA) is 104 Å². The Kier molecular flexibility index (Phi) is 5.14. The number of halogens is 1. The van der Waals surface area contributed by atoms with Crippen molar-refractivity contribution in [3.05, 3.63) is 82.3 Å². The number of rotatable bonds is 5. The highest BCUT2D eigenvalue weighted by Gasteiger charge is 2.23. The number of aromatic nitrogens is 4. The summed E-state index contributed by atoms with van der Waals surface area (Å²) < 4.78 is 13.4. The van der Waals surface area contributed by atoms with Gasteiger partial charge in [0.15, 0.2) is 5.82 Å². The zero-order valence-electron chi connectivity index (χ0n) is 16.4. The molecule has 1 aromatic carbocycles. The highest BCUT2D eigenvalue weighted by Crippen LogP contribution is 2.22. The van der Waals surface area contributed by atoms with E-state index in [0.29, 0.717) is 33.8 Å². The number of H-pyrrole nitrogens is 2. The molecule has 0 spiro atoms. The molecule has 3 N–H and O–H groups in total. The number of amides is 1. The lowest BCUT2D eigenvalue weighted by Crippen LogP contribution is -2.33. The third kappa shape index (κ3) is 3.98. The first-order chi connectivity index (χ1) is 14.4. The minimum Gasteiger partial charge on any atom is -0.351 e. The van der Waals surface area contributed by atoms with Crippen molar-refractivity contribution < 1.29 is 9.18 Å². The van der Waals surface area contributed by atoms with E-state index < -0.39 is 6.04 Å². The van der Waals surface area contributed by atoms with Gasteiger partial charge in [-0.1, -0.05) is 19.9 Å². The lowest BCUT2D eigenvalue weighted by Gasteiger charge is -2.22. The molecule has 4 rings (SSSR count). The van der Waals surface area contributed by atoms with Gasteiger partial charge in [0.2, 0.25) is 0 Å². The molecule has 3 aromatic heterocycles. The molecule has 0 saturated heterocycles. The second-order valence-electron chi connectivity index (χ2n) is 7.34. The van der Waals surface area contributed by atoms with E-state index in [9.17, 15) is 14.0 Å². The van der Waals surface area contributed by atoms with Gasteiger partial charge >= 0.3 is 0 Å². The summed E-state index contributed by atoms with van der Waals surface area (Å²) in [6.45, 7) is 3.85. The Labute approximate surface area is 171 Å². The third-order valence-electron chi connectivity index (χ3n) is 4.77. The molecule has 0 aliphatic carbocycles. The second kappa shape index (κ2) is 7.90. The smallest absolute Gasteiger partial charge is 0.268 e. The van der Waals surface area contributed by atoms with Gasteiger partial charge in [-0.05, 0) is 42.3 Å². The number of nitrogens with zero attached hydrogens (tertiary/aromatic N) is 2. The molecule has 30 heavy (non-hydrogen) atoms. The van der Waals surface area contributed by atoms with Gasteiger partial charge in [-0.2, -0.15) is 0 Å². The molecule has 1 atom stereocenters. The molecular formula is C22H20FN5O2. The lowest BCUT2D eigenvalue weighted by molar-refractivity contribution is 0.0920. The van der Waals surface area contributed by atoms with Gasteiger partial charge in [0, 0.05) is 23.2 Å². The van der Waals surface area contributed by atoms with Crippen molar-refractivity contribution >= 4 is 16.8 Å². The molecule has 152 valence electrons. The van der Waals surface area contributed by atoms with E-state index in [1.807, 2.05) is 13.8 Å². The normalized spacial score (nSPS) is 12.3. The Morgan fingerprint density at radius 3 is 2.67 bits per heavy atom. The summed E-state index contributed by atoms with van der Waals surface area (Å²) in [5.74, 6) is -0.448. The van der Waals surface area contributed by atoms with Crippen LogP contribution in [0.2, 0.25) is 0 Å². The number of benzene rings is 1. The number of carbonyl (C=O) groups excluding carboxylic acids is 1. The largest absolute Gasteiger partial charge is 0.351 e. The average Bonchev–Trinajstić information content (AvgIpc) is 3.15. The fourth-order valence-electron chi connectivity index (χ4n) is 3.29. The van der Waals surface area contributed by atoms with Crippen molar-refractivity contribution in [3.63, 3.8) is 0 Å². The van der Waals surface area contributed by atoms with Crippen LogP contribution >= 0.6 is 0 Å². The van der Waals surface area contributed by atoms with Crippen molar-refractivity contribution in [2.24, 2.45) is 5.92 Å². The summed E-state index contributed by atoms with van der Waals surface area (Å²) in [7, 11) is 0. The number of hydrogen-bond acceptors (Lipinski definition) is 4. The molecule has 7 nitrogen and oxygen atoms in total. The van der Waals surface area contributed by atoms with Crippen LogP contribution in [0.5, 0.6) is 0 Å². The molecule has 0 saturated carbocycles. The van der Waals surface area contributed by atoms with Gasteiger partial charge in [-0.15, -0.1) is 0 Å². The van der Waals surface area contributed by atoms with Crippen LogP contribution in [0.25, 0.3) is 22.4 Å². The molecule has 1 unspecified atom stereocenters. The standard InChI is InChI=1S/C22H20FN5O2/c1-12(2)20(17-11-19(29)27-21(26-17)16-5-3-4-8-24-16)28-22(30)18-10-13-9-14(23)6-7-15(13)25-18/h3-12,20,25H,1-2H3,(H,28,30)(H,26,27,29). The van der Waals surface area contributed by atoms with Crippen LogP contribution in [-0.2, 0) is 0 Å². The van der Waals surface area contributed by atoms with E-state index in [1.165, 1.54) is 18.2 Å². The van der Waals surface area contributed by atoms with Crippen LogP contribution in [0.3, 0.4) is 0 Å². The third-order valence-corrected chi connectivity index (χ3v) is 4.77. The molecule has 0 fully saturated rings. The summed E-state index contributed by atoms with van der Waals surface area (Å²) in [6.07, 6.45) is 1.61. The summed E-state index contributed by atoms with van der Waals surface area (Å²) >= 11 is 0. The van der Waals surface area contributed by atoms with Gasteiger partial charge in [-0.25, -0.2) is 9.37 Å². The van der Waals surface area contributed by atoms with Gasteiger partial charge in [-0.3, -0.25) is 14.6 Å². The minimum atomic E-state index is -0.509. The molecule has 0 aliphatic rings. The van der Waals surface area contributed by atoms with Crippen LogP contribution < -0.4 is 10.9 Å². The lowest BCUT2D eigenvalue weighted by atomic mass is 10.00. The van der Waals surface area contributed by atoms with E-state index in [-0.39, 0.29) is 23.2 Å². The summed E-state index contributed by atoms with van der Waals surface area (Å²) in [6, 6.07) is 12.0. The highest BCUT2D eigenvalue weighted by molar-refractivity contribution is 5.98. The molecule has 0 aliphatic heterocycles. The molecule has 1 amide bonds. The van der Waals surface area contributed by atoms with E-state index in [1.54, 1.807) is 36.5 Å². The Hall–Kier alpha value is -3.81. The quantitative estimate of drug-likeness (QED) is 0.472. The zero-order valence-corrected chi connectivity index (χ0v) is 16.4. The molecule has 3 heterocycles. The van der Waals surface area contributed by atoms with Crippen molar-refractivity contribution in [3.8, 4) is 11.5 Å². The van der Waals surface area contributed by atoms with Crippen LogP contribution in [0.15, 0.2) is 59.5 Å². The molecule has 8 heteroatoms. The number of hydrogen-bond donors (Lipinski definition) is 3. The summed E-state index contributed by atoms with van der Waals surface area (Å²) in [5, 5.41) is 3.54. The monoisotopic (exact) mass is 405 g/mol. The van der Waals surface area contributed by atoms with Crippen molar-refractivity contribution in [2.75, 3.05) is 0 Å². The first-order valence-corrected chi connectivity index (χ1v) is 9.52. The first-order valence-electron chi connectivity index (χ1n) is 9.52.